The second-order valence-corrected chi connectivity index (χ2v) is 6.28. The number of urea groups is 1. The minimum atomic E-state index is -0.186. The quantitative estimate of drug-likeness (QED) is 0.672. The van der Waals surface area contributed by atoms with Gasteiger partial charge in [0.1, 0.15) is 5.82 Å². The lowest BCUT2D eigenvalue weighted by Crippen LogP contribution is -2.41. The van der Waals surface area contributed by atoms with Gasteiger partial charge in [-0.2, -0.15) is 0 Å². The Morgan fingerprint density at radius 3 is 2.88 bits per heavy atom. The third-order valence-electron chi connectivity index (χ3n) is 4.35. The predicted molar refractivity (Wildman–Crippen MR) is 96.1 cm³/mol. The van der Waals surface area contributed by atoms with E-state index in [-0.39, 0.29) is 24.6 Å². The maximum Gasteiger partial charge on any atom is 0.315 e. The Morgan fingerprint density at radius 1 is 1.28 bits per heavy atom. The Hall–Kier alpha value is -2.60. The number of carbonyl (C=O) groups is 1. The normalized spacial score (nSPS) is 19.1. The molecule has 2 atom stereocenters. The summed E-state index contributed by atoms with van der Waals surface area (Å²) in [6.45, 7) is 1.43. The van der Waals surface area contributed by atoms with Crippen LogP contribution in [0.3, 0.4) is 0 Å². The van der Waals surface area contributed by atoms with Crippen LogP contribution in [0.2, 0.25) is 0 Å². The van der Waals surface area contributed by atoms with Crippen molar-refractivity contribution >= 4 is 6.03 Å². The molecule has 0 saturated carbocycles. The molecule has 132 valence electrons. The van der Waals surface area contributed by atoms with Crippen molar-refractivity contribution in [2.45, 2.75) is 25.4 Å². The number of aromatic nitrogens is 2. The van der Waals surface area contributed by atoms with E-state index in [1.165, 1.54) is 5.56 Å². The average Bonchev–Trinajstić information content (AvgIpc) is 3.25. The van der Waals surface area contributed by atoms with Gasteiger partial charge in [-0.3, -0.25) is 0 Å². The summed E-state index contributed by atoms with van der Waals surface area (Å²) in [5.74, 6) is 1.10. The number of amides is 2. The summed E-state index contributed by atoms with van der Waals surface area (Å²) in [6.07, 6.45) is 9.06. The van der Waals surface area contributed by atoms with Crippen molar-refractivity contribution in [1.29, 1.82) is 0 Å². The number of rotatable bonds is 7. The highest BCUT2D eigenvalue weighted by atomic mass is 16.3. The SMILES string of the molecule is O=C(NCCc1nccn1Cc1ccccc1)N[C@@H]1C=C[C@H](CO)C1. The van der Waals surface area contributed by atoms with Gasteiger partial charge in [0.05, 0.1) is 0 Å². The Labute approximate surface area is 147 Å². The number of benzene rings is 1. The molecule has 3 N–H and O–H groups in total. The van der Waals surface area contributed by atoms with Crippen molar-refractivity contribution in [2.24, 2.45) is 5.92 Å². The molecule has 2 aromatic rings. The lowest BCUT2D eigenvalue weighted by atomic mass is 10.1. The van der Waals surface area contributed by atoms with Crippen molar-refractivity contribution in [3.8, 4) is 0 Å². The van der Waals surface area contributed by atoms with Crippen LogP contribution in [0.15, 0.2) is 54.9 Å². The molecule has 25 heavy (non-hydrogen) atoms. The summed E-state index contributed by atoms with van der Waals surface area (Å²) in [6, 6.07) is 10.0. The molecule has 1 aromatic carbocycles. The van der Waals surface area contributed by atoms with E-state index in [4.69, 9.17) is 5.11 Å². The van der Waals surface area contributed by atoms with E-state index in [1.807, 2.05) is 36.5 Å². The fourth-order valence-electron chi connectivity index (χ4n) is 3.02. The Kier molecular flexibility index (Phi) is 5.85. The zero-order valence-corrected chi connectivity index (χ0v) is 14.1. The highest BCUT2D eigenvalue weighted by Crippen LogP contribution is 2.16. The smallest absolute Gasteiger partial charge is 0.315 e. The van der Waals surface area contributed by atoms with E-state index >= 15 is 0 Å². The number of nitrogens with zero attached hydrogens (tertiary/aromatic N) is 2. The van der Waals surface area contributed by atoms with Crippen molar-refractivity contribution in [3.63, 3.8) is 0 Å². The van der Waals surface area contributed by atoms with Gasteiger partial charge in [0.25, 0.3) is 0 Å². The van der Waals surface area contributed by atoms with Crippen LogP contribution in [0.25, 0.3) is 0 Å². The fraction of sp³-hybridized carbons (Fsp3) is 0.368. The van der Waals surface area contributed by atoms with Crippen LogP contribution in [-0.2, 0) is 13.0 Å². The van der Waals surface area contributed by atoms with Crippen molar-refractivity contribution in [2.75, 3.05) is 13.2 Å². The lowest BCUT2D eigenvalue weighted by molar-refractivity contribution is 0.231. The summed E-state index contributed by atoms with van der Waals surface area (Å²) in [5.41, 5.74) is 1.22. The molecule has 0 saturated heterocycles. The standard InChI is InChI=1S/C19H24N4O2/c24-14-16-6-7-17(12-16)22-19(25)21-9-8-18-20-10-11-23(18)13-15-4-2-1-3-5-15/h1-7,10-11,16-17,24H,8-9,12-14H2,(H2,21,22,25)/t16-,17+/m0/s1. The van der Waals surface area contributed by atoms with Gasteiger partial charge in [0, 0.05) is 50.5 Å². The van der Waals surface area contributed by atoms with E-state index in [9.17, 15) is 4.79 Å². The highest BCUT2D eigenvalue weighted by Gasteiger charge is 2.19. The highest BCUT2D eigenvalue weighted by molar-refractivity contribution is 5.74. The van der Waals surface area contributed by atoms with Gasteiger partial charge < -0.3 is 20.3 Å². The number of hydrogen-bond donors (Lipinski definition) is 3. The van der Waals surface area contributed by atoms with Gasteiger partial charge in [-0.1, -0.05) is 42.5 Å². The van der Waals surface area contributed by atoms with E-state index < -0.39 is 0 Å². The molecule has 0 spiro atoms. The Balaban J connectivity index is 1.43. The summed E-state index contributed by atoms with van der Waals surface area (Å²) in [5, 5.41) is 14.9. The molecule has 0 bridgehead atoms. The predicted octanol–water partition coefficient (Wildman–Crippen LogP) is 1.71. The monoisotopic (exact) mass is 340 g/mol. The lowest BCUT2D eigenvalue weighted by Gasteiger charge is -2.14. The van der Waals surface area contributed by atoms with Crippen molar-refractivity contribution in [1.82, 2.24) is 20.2 Å². The molecule has 0 radical (unpaired) electrons. The molecule has 2 amide bonds. The zero-order valence-electron chi connectivity index (χ0n) is 14.1. The van der Waals surface area contributed by atoms with Crippen LogP contribution in [-0.4, -0.2) is 39.9 Å². The van der Waals surface area contributed by atoms with Gasteiger partial charge >= 0.3 is 6.03 Å². The Morgan fingerprint density at radius 2 is 2.12 bits per heavy atom. The molecular weight excluding hydrogens is 316 g/mol. The summed E-state index contributed by atoms with van der Waals surface area (Å²) < 4.78 is 2.10. The molecule has 6 heteroatoms. The third-order valence-corrected chi connectivity index (χ3v) is 4.35. The van der Waals surface area contributed by atoms with E-state index in [1.54, 1.807) is 6.20 Å². The maximum absolute atomic E-state index is 12.0. The molecule has 3 rings (SSSR count). The van der Waals surface area contributed by atoms with Crippen molar-refractivity contribution in [3.05, 3.63) is 66.3 Å². The first-order chi connectivity index (χ1) is 12.2. The number of aliphatic hydroxyl groups is 1. The second-order valence-electron chi connectivity index (χ2n) is 6.28. The van der Waals surface area contributed by atoms with E-state index in [0.717, 1.165) is 18.8 Å². The molecule has 0 unspecified atom stereocenters. The number of carbonyl (C=O) groups excluding carboxylic acids is 1. The molecule has 1 heterocycles. The minimum absolute atomic E-state index is 0.00258. The molecule has 1 aliphatic carbocycles. The number of nitrogens with one attached hydrogen (secondary N) is 2. The summed E-state index contributed by atoms with van der Waals surface area (Å²) >= 11 is 0. The first kappa shape index (κ1) is 17.2. The number of aliphatic hydroxyl groups excluding tert-OH is 1. The molecule has 0 fully saturated rings. The molecule has 1 aliphatic rings. The number of hydrogen-bond acceptors (Lipinski definition) is 3. The first-order valence-electron chi connectivity index (χ1n) is 8.62. The van der Waals surface area contributed by atoms with Crippen molar-refractivity contribution < 1.29 is 9.90 Å². The fourth-order valence-corrected chi connectivity index (χ4v) is 3.02. The van der Waals surface area contributed by atoms with E-state index in [0.29, 0.717) is 13.0 Å². The van der Waals surface area contributed by atoms with Crippen LogP contribution in [0, 0.1) is 5.92 Å². The van der Waals surface area contributed by atoms with Gasteiger partial charge in [-0.15, -0.1) is 0 Å². The maximum atomic E-state index is 12.0. The van der Waals surface area contributed by atoms with Crippen LogP contribution in [0.5, 0.6) is 0 Å². The van der Waals surface area contributed by atoms with Crippen LogP contribution in [0.4, 0.5) is 4.79 Å². The van der Waals surface area contributed by atoms with Crippen LogP contribution >= 0.6 is 0 Å². The van der Waals surface area contributed by atoms with E-state index in [2.05, 4.69) is 32.3 Å². The second kappa shape index (κ2) is 8.48. The first-order valence-corrected chi connectivity index (χ1v) is 8.62. The van der Waals surface area contributed by atoms with Gasteiger partial charge in [0.15, 0.2) is 0 Å². The molecule has 6 nitrogen and oxygen atoms in total. The van der Waals surface area contributed by atoms with Crippen LogP contribution < -0.4 is 10.6 Å². The Bertz CT molecular complexity index is 711. The van der Waals surface area contributed by atoms with Gasteiger partial charge in [-0.05, 0) is 12.0 Å². The number of imidazole rings is 1. The van der Waals surface area contributed by atoms with Gasteiger partial charge in [0.2, 0.25) is 0 Å². The van der Waals surface area contributed by atoms with Crippen LogP contribution in [0.1, 0.15) is 17.8 Å². The molecular formula is C19H24N4O2. The third kappa shape index (κ3) is 4.93. The zero-order chi connectivity index (χ0) is 17.5. The largest absolute Gasteiger partial charge is 0.396 e. The molecule has 1 aromatic heterocycles. The average molecular weight is 340 g/mol. The van der Waals surface area contributed by atoms with Gasteiger partial charge in [-0.25, -0.2) is 9.78 Å². The minimum Gasteiger partial charge on any atom is -0.396 e. The molecule has 0 aliphatic heterocycles. The summed E-state index contributed by atoms with van der Waals surface area (Å²) in [4.78, 5) is 16.3. The summed E-state index contributed by atoms with van der Waals surface area (Å²) in [7, 11) is 0. The topological polar surface area (TPSA) is 79.2 Å².